The number of carboxylic acids is 1. The number of carbonyl (C=O) groups excluding carboxylic acids is 1. The van der Waals surface area contributed by atoms with Gasteiger partial charge in [0.15, 0.2) is 11.0 Å². The van der Waals surface area contributed by atoms with Gasteiger partial charge in [0.25, 0.3) is 0 Å². The minimum atomic E-state index is -1.12. The number of carbonyl (C=O) groups is 1. The standard InChI is InChI=1S/C18H19N3O3S/c1-3-21-16(19-20-18(21)25-12(2)17(22)23)11-24-15-10-6-8-13-7-4-5-9-14(13)15/h4-10,12H,3,11H2,1-2H3,(H,22,23)/p-1/t12-/m1/s1. The zero-order valence-corrected chi connectivity index (χ0v) is 14.8. The number of hydrogen-bond acceptors (Lipinski definition) is 6. The second kappa shape index (κ2) is 7.57. The molecule has 0 unspecified atom stereocenters. The van der Waals surface area contributed by atoms with Crippen LogP contribution in [0.1, 0.15) is 19.7 Å². The molecule has 0 amide bonds. The summed E-state index contributed by atoms with van der Waals surface area (Å²) >= 11 is 1.12. The van der Waals surface area contributed by atoms with Gasteiger partial charge in [-0.1, -0.05) is 48.2 Å². The van der Waals surface area contributed by atoms with Crippen molar-refractivity contribution in [2.24, 2.45) is 0 Å². The number of ether oxygens (including phenoxy) is 1. The first-order chi connectivity index (χ1) is 12.1. The highest BCUT2D eigenvalue weighted by Crippen LogP contribution is 2.27. The highest BCUT2D eigenvalue weighted by molar-refractivity contribution is 8.00. The van der Waals surface area contributed by atoms with Crippen molar-refractivity contribution in [2.75, 3.05) is 0 Å². The van der Waals surface area contributed by atoms with Gasteiger partial charge in [-0.3, -0.25) is 0 Å². The molecule has 130 valence electrons. The number of fused-ring (bicyclic) bond motifs is 1. The van der Waals surface area contributed by atoms with E-state index in [1.54, 1.807) is 6.92 Å². The van der Waals surface area contributed by atoms with Crippen LogP contribution < -0.4 is 9.84 Å². The lowest BCUT2D eigenvalue weighted by atomic mass is 10.1. The quantitative estimate of drug-likeness (QED) is 0.604. The molecule has 1 atom stereocenters. The van der Waals surface area contributed by atoms with Crippen molar-refractivity contribution >= 4 is 28.5 Å². The van der Waals surface area contributed by atoms with E-state index in [-0.39, 0.29) is 6.61 Å². The lowest BCUT2D eigenvalue weighted by Crippen LogP contribution is -2.31. The van der Waals surface area contributed by atoms with Gasteiger partial charge in [0.05, 0.1) is 5.97 Å². The summed E-state index contributed by atoms with van der Waals surface area (Å²) in [4.78, 5) is 10.9. The van der Waals surface area contributed by atoms with E-state index >= 15 is 0 Å². The zero-order valence-electron chi connectivity index (χ0n) is 14.0. The predicted octanol–water partition coefficient (Wildman–Crippen LogP) is 2.26. The van der Waals surface area contributed by atoms with Gasteiger partial charge >= 0.3 is 0 Å². The number of aromatic nitrogens is 3. The molecule has 7 heteroatoms. The van der Waals surface area contributed by atoms with E-state index in [1.165, 1.54) is 0 Å². The first kappa shape index (κ1) is 17.3. The largest absolute Gasteiger partial charge is 0.549 e. The van der Waals surface area contributed by atoms with Crippen molar-refractivity contribution in [1.29, 1.82) is 0 Å². The van der Waals surface area contributed by atoms with Gasteiger partial charge in [0, 0.05) is 17.2 Å². The maximum absolute atomic E-state index is 10.9. The molecule has 0 N–H and O–H groups in total. The van der Waals surface area contributed by atoms with Crippen LogP contribution in [0.2, 0.25) is 0 Å². The number of benzene rings is 2. The summed E-state index contributed by atoms with van der Waals surface area (Å²) in [5.74, 6) is 0.314. The Morgan fingerprint density at radius 1 is 1.24 bits per heavy atom. The molecule has 3 aromatic rings. The van der Waals surface area contributed by atoms with Crippen molar-refractivity contribution in [1.82, 2.24) is 14.8 Å². The zero-order chi connectivity index (χ0) is 17.8. The highest BCUT2D eigenvalue weighted by Gasteiger charge is 2.15. The van der Waals surface area contributed by atoms with Crippen molar-refractivity contribution in [3.8, 4) is 5.75 Å². The van der Waals surface area contributed by atoms with E-state index < -0.39 is 11.2 Å². The summed E-state index contributed by atoms with van der Waals surface area (Å²) in [5, 5.41) is 21.2. The SMILES string of the molecule is CCn1c(COc2cccc3ccccc23)nnc1S[C@H](C)C(=O)[O-]. The molecule has 2 aromatic carbocycles. The molecule has 0 aliphatic heterocycles. The van der Waals surface area contributed by atoms with Gasteiger partial charge in [0.1, 0.15) is 12.4 Å². The average Bonchev–Trinajstić information content (AvgIpc) is 3.01. The van der Waals surface area contributed by atoms with E-state index in [1.807, 2.05) is 54.0 Å². The molecular formula is C18H18N3O3S-. The molecular weight excluding hydrogens is 338 g/mol. The van der Waals surface area contributed by atoms with Crippen LogP contribution in [0.15, 0.2) is 47.6 Å². The van der Waals surface area contributed by atoms with Gasteiger partial charge in [-0.25, -0.2) is 0 Å². The lowest BCUT2D eigenvalue weighted by molar-refractivity contribution is -0.304. The summed E-state index contributed by atoms with van der Waals surface area (Å²) in [7, 11) is 0. The Morgan fingerprint density at radius 3 is 2.76 bits per heavy atom. The third-order valence-corrected chi connectivity index (χ3v) is 4.89. The third kappa shape index (κ3) is 3.76. The van der Waals surface area contributed by atoms with E-state index in [0.717, 1.165) is 28.3 Å². The van der Waals surface area contributed by atoms with Gasteiger partial charge < -0.3 is 19.2 Å². The van der Waals surface area contributed by atoms with E-state index in [0.29, 0.717) is 17.5 Å². The number of aliphatic carboxylic acids is 1. The summed E-state index contributed by atoms with van der Waals surface area (Å²) in [6.45, 7) is 4.41. The average molecular weight is 356 g/mol. The minimum Gasteiger partial charge on any atom is -0.549 e. The van der Waals surface area contributed by atoms with Crippen LogP contribution >= 0.6 is 11.8 Å². The molecule has 0 radical (unpaired) electrons. The van der Waals surface area contributed by atoms with Crippen LogP contribution in [0, 0.1) is 0 Å². The Kier molecular flexibility index (Phi) is 5.23. The number of thioether (sulfide) groups is 1. The molecule has 25 heavy (non-hydrogen) atoms. The predicted molar refractivity (Wildman–Crippen MR) is 94.3 cm³/mol. The maximum Gasteiger partial charge on any atom is 0.191 e. The molecule has 0 aliphatic rings. The summed E-state index contributed by atoms with van der Waals surface area (Å²) in [5.41, 5.74) is 0. The van der Waals surface area contributed by atoms with Crippen molar-refractivity contribution < 1.29 is 14.6 Å². The van der Waals surface area contributed by atoms with Gasteiger partial charge in [0.2, 0.25) is 0 Å². The molecule has 0 fully saturated rings. The Hall–Kier alpha value is -2.54. The van der Waals surface area contributed by atoms with Gasteiger partial charge in [-0.15, -0.1) is 10.2 Å². The first-order valence-electron chi connectivity index (χ1n) is 8.00. The highest BCUT2D eigenvalue weighted by atomic mass is 32.2. The van der Waals surface area contributed by atoms with Gasteiger partial charge in [-0.05, 0) is 25.3 Å². The number of nitrogens with zero attached hydrogens (tertiary/aromatic N) is 3. The fraction of sp³-hybridized carbons (Fsp3) is 0.278. The van der Waals surface area contributed by atoms with E-state index in [9.17, 15) is 9.90 Å². The Bertz CT molecular complexity index is 889. The monoisotopic (exact) mass is 356 g/mol. The van der Waals surface area contributed by atoms with Crippen molar-refractivity contribution in [3.63, 3.8) is 0 Å². The van der Waals surface area contributed by atoms with Crippen molar-refractivity contribution in [3.05, 3.63) is 48.3 Å². The second-order valence-electron chi connectivity index (χ2n) is 5.49. The number of rotatable bonds is 7. The molecule has 6 nitrogen and oxygen atoms in total. The third-order valence-electron chi connectivity index (χ3n) is 3.83. The first-order valence-corrected chi connectivity index (χ1v) is 8.88. The second-order valence-corrected chi connectivity index (χ2v) is 6.80. The number of carboxylic acid groups (broad SMARTS) is 1. The van der Waals surface area contributed by atoms with Crippen LogP contribution in [0.5, 0.6) is 5.75 Å². The minimum absolute atomic E-state index is 0.259. The number of hydrogen-bond donors (Lipinski definition) is 0. The topological polar surface area (TPSA) is 80.1 Å². The molecule has 0 spiro atoms. The Morgan fingerprint density at radius 2 is 2.00 bits per heavy atom. The fourth-order valence-corrected chi connectivity index (χ4v) is 3.36. The summed E-state index contributed by atoms with van der Waals surface area (Å²) in [6.07, 6.45) is 0. The fourth-order valence-electron chi connectivity index (χ4n) is 2.50. The van der Waals surface area contributed by atoms with Crippen LogP contribution in [-0.2, 0) is 17.9 Å². The van der Waals surface area contributed by atoms with Crippen LogP contribution in [-0.4, -0.2) is 26.0 Å². The molecule has 1 heterocycles. The molecule has 1 aromatic heterocycles. The van der Waals surface area contributed by atoms with E-state index in [4.69, 9.17) is 4.74 Å². The molecule has 0 bridgehead atoms. The molecule has 0 saturated carbocycles. The Labute approximate surface area is 149 Å². The van der Waals surface area contributed by atoms with E-state index in [2.05, 4.69) is 10.2 Å². The smallest absolute Gasteiger partial charge is 0.191 e. The summed E-state index contributed by atoms with van der Waals surface area (Å²) in [6, 6.07) is 13.9. The van der Waals surface area contributed by atoms with Crippen molar-refractivity contribution in [2.45, 2.75) is 37.4 Å². The molecule has 3 rings (SSSR count). The normalized spacial score (nSPS) is 12.2. The molecule has 0 saturated heterocycles. The maximum atomic E-state index is 10.9. The summed E-state index contributed by atoms with van der Waals surface area (Å²) < 4.78 is 7.81. The van der Waals surface area contributed by atoms with Crippen LogP contribution in [0.4, 0.5) is 0 Å². The van der Waals surface area contributed by atoms with Crippen LogP contribution in [0.25, 0.3) is 10.8 Å². The lowest BCUT2D eigenvalue weighted by Gasteiger charge is -2.13. The van der Waals surface area contributed by atoms with Gasteiger partial charge in [-0.2, -0.15) is 0 Å². The molecule has 0 aliphatic carbocycles. The Balaban J connectivity index is 1.79. The van der Waals surface area contributed by atoms with Crippen LogP contribution in [0.3, 0.4) is 0 Å².